The Bertz CT molecular complexity index is 660. The molecule has 0 saturated carbocycles. The van der Waals surface area contributed by atoms with Crippen molar-refractivity contribution in [2.24, 2.45) is 0 Å². The first kappa shape index (κ1) is 16.3. The molecule has 1 aromatic carbocycles. The van der Waals surface area contributed by atoms with Gasteiger partial charge in [0.1, 0.15) is 12.7 Å². The average molecular weight is 330 g/mol. The van der Waals surface area contributed by atoms with Gasteiger partial charge in [-0.15, -0.1) is 0 Å². The molecule has 0 bridgehead atoms. The van der Waals surface area contributed by atoms with Crippen molar-refractivity contribution in [1.29, 1.82) is 0 Å². The molecule has 7 heteroatoms. The normalized spacial score (nSPS) is 17.3. The summed E-state index contributed by atoms with van der Waals surface area (Å²) in [4.78, 5) is 11.9. The van der Waals surface area contributed by atoms with Crippen molar-refractivity contribution in [2.75, 3.05) is 19.7 Å². The molecule has 0 aliphatic carbocycles. The number of nitrogens with one attached hydrogen (secondary N) is 2. The van der Waals surface area contributed by atoms with Crippen molar-refractivity contribution < 1.29 is 14.3 Å². The summed E-state index contributed by atoms with van der Waals surface area (Å²) < 4.78 is 13.3. The van der Waals surface area contributed by atoms with E-state index in [4.69, 9.17) is 9.47 Å². The number of benzene rings is 1. The second-order valence-corrected chi connectivity index (χ2v) is 5.81. The third kappa shape index (κ3) is 4.48. The van der Waals surface area contributed by atoms with E-state index in [9.17, 15) is 4.79 Å². The van der Waals surface area contributed by atoms with Crippen LogP contribution in [0.4, 0.5) is 0 Å². The Morgan fingerprint density at radius 3 is 3.00 bits per heavy atom. The Hall–Kier alpha value is -2.54. The highest BCUT2D eigenvalue weighted by atomic mass is 16.6. The van der Waals surface area contributed by atoms with Gasteiger partial charge >= 0.3 is 0 Å². The summed E-state index contributed by atoms with van der Waals surface area (Å²) in [6.45, 7) is 3.84. The van der Waals surface area contributed by atoms with Crippen LogP contribution in [0, 0.1) is 0 Å². The summed E-state index contributed by atoms with van der Waals surface area (Å²) >= 11 is 0. The molecule has 0 spiro atoms. The molecule has 0 saturated heterocycles. The molecule has 0 unspecified atom stereocenters. The first-order chi connectivity index (χ1) is 11.7. The molecular formula is C17H22N4O3. The largest absolute Gasteiger partial charge is 0.486 e. The van der Waals surface area contributed by atoms with Gasteiger partial charge in [-0.2, -0.15) is 5.10 Å². The third-order valence-corrected chi connectivity index (χ3v) is 3.73. The number of nitrogens with zero attached hydrogens (tertiary/aromatic N) is 2. The first-order valence-electron chi connectivity index (χ1n) is 8.06. The molecule has 1 aromatic heterocycles. The molecule has 1 aliphatic rings. The maximum absolute atomic E-state index is 11.9. The Balaban J connectivity index is 1.35. The number of fused-ring (bicyclic) bond motifs is 1. The van der Waals surface area contributed by atoms with E-state index in [1.807, 2.05) is 48.1 Å². The lowest BCUT2D eigenvalue weighted by atomic mass is 10.2. The number of para-hydroxylation sites is 2. The maximum atomic E-state index is 11.9. The third-order valence-electron chi connectivity index (χ3n) is 3.73. The van der Waals surface area contributed by atoms with Gasteiger partial charge in [-0.05, 0) is 25.1 Å². The minimum atomic E-state index is -0.176. The molecule has 128 valence electrons. The van der Waals surface area contributed by atoms with Gasteiger partial charge in [-0.3, -0.25) is 9.48 Å². The zero-order valence-corrected chi connectivity index (χ0v) is 13.6. The fourth-order valence-electron chi connectivity index (χ4n) is 2.47. The number of hydrogen-bond acceptors (Lipinski definition) is 5. The predicted molar refractivity (Wildman–Crippen MR) is 89.1 cm³/mol. The molecule has 2 N–H and O–H groups in total. The zero-order valence-electron chi connectivity index (χ0n) is 13.6. The van der Waals surface area contributed by atoms with E-state index in [1.54, 1.807) is 6.20 Å². The maximum Gasteiger partial charge on any atom is 0.234 e. The lowest BCUT2D eigenvalue weighted by molar-refractivity contribution is -0.120. The van der Waals surface area contributed by atoms with E-state index in [0.717, 1.165) is 12.3 Å². The fourth-order valence-corrected chi connectivity index (χ4v) is 2.47. The SMILES string of the molecule is C[C@H](Cn1cccn1)NCC(=O)NC[C@@H]1COc2ccccc2O1. The van der Waals surface area contributed by atoms with Crippen molar-refractivity contribution >= 4 is 5.91 Å². The molecule has 1 aliphatic heterocycles. The average Bonchev–Trinajstić information content (AvgIpc) is 3.11. The molecule has 1 amide bonds. The van der Waals surface area contributed by atoms with Crippen LogP contribution in [0.25, 0.3) is 0 Å². The second-order valence-electron chi connectivity index (χ2n) is 5.81. The molecule has 7 nitrogen and oxygen atoms in total. The zero-order chi connectivity index (χ0) is 16.8. The Morgan fingerprint density at radius 2 is 2.21 bits per heavy atom. The van der Waals surface area contributed by atoms with E-state index < -0.39 is 0 Å². The first-order valence-corrected chi connectivity index (χ1v) is 8.06. The number of ether oxygens (including phenoxy) is 2. The summed E-state index contributed by atoms with van der Waals surface area (Å²) in [6.07, 6.45) is 3.46. The van der Waals surface area contributed by atoms with Gasteiger partial charge in [0, 0.05) is 18.4 Å². The van der Waals surface area contributed by atoms with Gasteiger partial charge in [0.05, 0.1) is 19.6 Å². The number of rotatable bonds is 7. The van der Waals surface area contributed by atoms with Gasteiger partial charge in [0.25, 0.3) is 0 Å². The van der Waals surface area contributed by atoms with Gasteiger partial charge in [-0.1, -0.05) is 12.1 Å². The summed E-state index contributed by atoms with van der Waals surface area (Å²) in [6, 6.07) is 9.56. The van der Waals surface area contributed by atoms with Crippen molar-refractivity contribution in [3.8, 4) is 11.5 Å². The molecule has 24 heavy (non-hydrogen) atoms. The van der Waals surface area contributed by atoms with Crippen LogP contribution in [-0.2, 0) is 11.3 Å². The van der Waals surface area contributed by atoms with Crippen molar-refractivity contribution in [3.05, 3.63) is 42.7 Å². The molecule has 2 aromatic rings. The number of aromatic nitrogens is 2. The standard InChI is InChI=1S/C17H22N4O3/c1-13(11-21-8-4-7-20-21)18-10-17(22)19-9-14-12-23-15-5-2-3-6-16(15)24-14/h2-8,13-14,18H,9-12H2,1H3,(H,19,22)/t13-,14-/m1/s1. The van der Waals surface area contributed by atoms with Crippen molar-refractivity contribution in [2.45, 2.75) is 25.6 Å². The van der Waals surface area contributed by atoms with E-state index in [-0.39, 0.29) is 24.6 Å². The van der Waals surface area contributed by atoms with Crippen LogP contribution in [0.15, 0.2) is 42.7 Å². The fraction of sp³-hybridized carbons (Fsp3) is 0.412. The second kappa shape index (κ2) is 7.83. The molecule has 2 heterocycles. The van der Waals surface area contributed by atoms with E-state index in [0.29, 0.717) is 18.9 Å². The number of amides is 1. The molecule has 3 rings (SSSR count). The van der Waals surface area contributed by atoms with Crippen molar-refractivity contribution in [3.63, 3.8) is 0 Å². The Labute approximate surface area is 140 Å². The van der Waals surface area contributed by atoms with E-state index >= 15 is 0 Å². The van der Waals surface area contributed by atoms with E-state index in [2.05, 4.69) is 15.7 Å². The van der Waals surface area contributed by atoms with Gasteiger partial charge < -0.3 is 20.1 Å². The highest BCUT2D eigenvalue weighted by Crippen LogP contribution is 2.30. The number of carbonyl (C=O) groups is 1. The lowest BCUT2D eigenvalue weighted by Gasteiger charge is -2.26. The monoisotopic (exact) mass is 330 g/mol. The van der Waals surface area contributed by atoms with Gasteiger partial charge in [0.2, 0.25) is 5.91 Å². The quantitative estimate of drug-likeness (QED) is 0.786. The number of carbonyl (C=O) groups excluding carboxylic acids is 1. The Morgan fingerprint density at radius 1 is 1.38 bits per heavy atom. The minimum Gasteiger partial charge on any atom is -0.486 e. The number of hydrogen-bond donors (Lipinski definition) is 2. The van der Waals surface area contributed by atoms with Crippen LogP contribution in [0.3, 0.4) is 0 Å². The van der Waals surface area contributed by atoms with Crippen molar-refractivity contribution in [1.82, 2.24) is 20.4 Å². The highest BCUT2D eigenvalue weighted by Gasteiger charge is 2.21. The lowest BCUT2D eigenvalue weighted by Crippen LogP contribution is -2.45. The van der Waals surface area contributed by atoms with Gasteiger partial charge in [-0.25, -0.2) is 0 Å². The van der Waals surface area contributed by atoms with E-state index in [1.165, 1.54) is 0 Å². The predicted octanol–water partition coefficient (Wildman–Crippen LogP) is 0.817. The van der Waals surface area contributed by atoms with Crippen LogP contribution < -0.4 is 20.1 Å². The Kier molecular flexibility index (Phi) is 5.32. The van der Waals surface area contributed by atoms with Crippen LogP contribution in [0.1, 0.15) is 6.92 Å². The smallest absolute Gasteiger partial charge is 0.234 e. The highest BCUT2D eigenvalue weighted by molar-refractivity contribution is 5.78. The summed E-state index contributed by atoms with van der Waals surface area (Å²) in [5.41, 5.74) is 0. The minimum absolute atomic E-state index is 0.0650. The molecular weight excluding hydrogens is 308 g/mol. The molecule has 0 radical (unpaired) electrons. The van der Waals surface area contributed by atoms with Crippen LogP contribution in [-0.4, -0.2) is 47.5 Å². The van der Waals surface area contributed by atoms with Crippen LogP contribution in [0.5, 0.6) is 11.5 Å². The van der Waals surface area contributed by atoms with Gasteiger partial charge in [0.15, 0.2) is 11.5 Å². The van der Waals surface area contributed by atoms with Crippen LogP contribution in [0.2, 0.25) is 0 Å². The summed E-state index contributed by atoms with van der Waals surface area (Å²) in [7, 11) is 0. The molecule has 0 fully saturated rings. The summed E-state index contributed by atoms with van der Waals surface area (Å²) in [5.74, 6) is 1.40. The summed E-state index contributed by atoms with van der Waals surface area (Å²) in [5, 5.41) is 10.2. The van der Waals surface area contributed by atoms with Crippen LogP contribution >= 0.6 is 0 Å². The molecule has 2 atom stereocenters. The topological polar surface area (TPSA) is 77.4 Å².